The van der Waals surface area contributed by atoms with E-state index in [1.165, 1.54) is 0 Å². The highest BCUT2D eigenvalue weighted by Gasteiger charge is 2.23. The van der Waals surface area contributed by atoms with Gasteiger partial charge in [-0.05, 0) is 31.2 Å². The van der Waals surface area contributed by atoms with Gasteiger partial charge in [0.25, 0.3) is 5.91 Å². The molecule has 0 unspecified atom stereocenters. The molecule has 0 bridgehead atoms. The lowest BCUT2D eigenvalue weighted by molar-refractivity contribution is 0.0741. The summed E-state index contributed by atoms with van der Waals surface area (Å²) in [7, 11) is 0. The SMILES string of the molecule is Cc1ccc(N2CCN(C(=O)c3ccc4ccccc4n3)CC2)nn1. The molecule has 0 atom stereocenters. The molecule has 25 heavy (non-hydrogen) atoms. The maximum absolute atomic E-state index is 12.7. The number of aromatic nitrogens is 3. The second-order valence-electron chi connectivity index (χ2n) is 6.20. The van der Waals surface area contributed by atoms with Crippen LogP contribution in [0.3, 0.4) is 0 Å². The zero-order valence-corrected chi connectivity index (χ0v) is 14.1. The van der Waals surface area contributed by atoms with E-state index in [4.69, 9.17) is 0 Å². The van der Waals surface area contributed by atoms with Crippen molar-refractivity contribution in [2.45, 2.75) is 6.92 Å². The van der Waals surface area contributed by atoms with E-state index in [9.17, 15) is 4.79 Å². The number of aryl methyl sites for hydroxylation is 1. The number of nitrogens with zero attached hydrogens (tertiary/aromatic N) is 5. The summed E-state index contributed by atoms with van der Waals surface area (Å²) in [6.07, 6.45) is 0. The van der Waals surface area contributed by atoms with E-state index in [0.29, 0.717) is 18.8 Å². The van der Waals surface area contributed by atoms with Crippen LogP contribution in [0.4, 0.5) is 5.82 Å². The van der Waals surface area contributed by atoms with Crippen LogP contribution in [0.1, 0.15) is 16.2 Å². The fourth-order valence-corrected chi connectivity index (χ4v) is 3.05. The Morgan fingerprint density at radius 1 is 0.920 bits per heavy atom. The van der Waals surface area contributed by atoms with Crippen molar-refractivity contribution in [1.82, 2.24) is 20.1 Å². The second kappa shape index (κ2) is 6.47. The monoisotopic (exact) mass is 333 g/mol. The van der Waals surface area contributed by atoms with Crippen LogP contribution in [0.2, 0.25) is 0 Å². The number of rotatable bonds is 2. The number of benzene rings is 1. The van der Waals surface area contributed by atoms with Gasteiger partial charge >= 0.3 is 0 Å². The van der Waals surface area contributed by atoms with Crippen LogP contribution in [-0.4, -0.2) is 52.2 Å². The maximum atomic E-state index is 12.7. The highest BCUT2D eigenvalue weighted by atomic mass is 16.2. The Morgan fingerprint density at radius 3 is 2.48 bits per heavy atom. The normalized spacial score (nSPS) is 14.8. The number of carbonyl (C=O) groups excluding carboxylic acids is 1. The number of amides is 1. The van der Waals surface area contributed by atoms with Gasteiger partial charge in [0.2, 0.25) is 0 Å². The molecule has 1 aromatic carbocycles. The molecule has 0 N–H and O–H groups in total. The molecule has 1 saturated heterocycles. The van der Waals surface area contributed by atoms with Crippen molar-refractivity contribution in [3.63, 3.8) is 0 Å². The highest BCUT2D eigenvalue weighted by molar-refractivity contribution is 5.95. The van der Waals surface area contributed by atoms with Gasteiger partial charge in [0.1, 0.15) is 5.69 Å². The molecular formula is C19H19N5O. The molecule has 1 aliphatic rings. The van der Waals surface area contributed by atoms with Gasteiger partial charge in [-0.3, -0.25) is 4.79 Å². The fourth-order valence-electron chi connectivity index (χ4n) is 3.05. The standard InChI is InChI=1S/C19H19N5O/c1-14-6-9-18(22-21-14)23-10-12-24(13-11-23)19(25)17-8-7-15-4-2-3-5-16(15)20-17/h2-9H,10-13H2,1H3. The van der Waals surface area contributed by atoms with Crippen LogP contribution < -0.4 is 4.90 Å². The van der Waals surface area contributed by atoms with Crippen molar-refractivity contribution < 1.29 is 4.79 Å². The van der Waals surface area contributed by atoms with Crippen LogP contribution in [0, 0.1) is 6.92 Å². The molecule has 6 nitrogen and oxygen atoms in total. The predicted octanol–water partition coefficient (Wildman–Crippen LogP) is 2.30. The van der Waals surface area contributed by atoms with Crippen molar-refractivity contribution in [1.29, 1.82) is 0 Å². The van der Waals surface area contributed by atoms with Crippen LogP contribution in [0.15, 0.2) is 48.5 Å². The Morgan fingerprint density at radius 2 is 1.72 bits per heavy atom. The highest BCUT2D eigenvalue weighted by Crippen LogP contribution is 2.16. The van der Waals surface area contributed by atoms with Gasteiger partial charge in [-0.2, -0.15) is 5.10 Å². The van der Waals surface area contributed by atoms with E-state index in [1.807, 2.05) is 60.4 Å². The number of pyridine rings is 1. The third kappa shape index (κ3) is 3.15. The van der Waals surface area contributed by atoms with Gasteiger partial charge in [0.15, 0.2) is 5.82 Å². The average Bonchev–Trinajstić information content (AvgIpc) is 2.68. The minimum absolute atomic E-state index is 0.0135. The minimum atomic E-state index is -0.0135. The Kier molecular flexibility index (Phi) is 4.01. The van der Waals surface area contributed by atoms with Crippen molar-refractivity contribution in [2.75, 3.05) is 31.1 Å². The summed E-state index contributed by atoms with van der Waals surface area (Å²) in [5.41, 5.74) is 2.25. The van der Waals surface area contributed by atoms with Gasteiger partial charge in [-0.1, -0.05) is 24.3 Å². The third-order valence-electron chi connectivity index (χ3n) is 4.49. The topological polar surface area (TPSA) is 62.2 Å². The number of fused-ring (bicyclic) bond motifs is 1. The molecule has 0 spiro atoms. The van der Waals surface area contributed by atoms with Gasteiger partial charge in [0.05, 0.1) is 11.2 Å². The molecule has 0 radical (unpaired) electrons. The zero-order valence-electron chi connectivity index (χ0n) is 14.1. The second-order valence-corrected chi connectivity index (χ2v) is 6.20. The molecule has 3 aromatic rings. The minimum Gasteiger partial charge on any atom is -0.352 e. The van der Waals surface area contributed by atoms with Crippen molar-refractivity contribution in [3.8, 4) is 0 Å². The largest absolute Gasteiger partial charge is 0.352 e. The lowest BCUT2D eigenvalue weighted by Gasteiger charge is -2.35. The molecule has 2 aromatic heterocycles. The molecule has 1 fully saturated rings. The number of hydrogen-bond donors (Lipinski definition) is 0. The molecule has 0 aliphatic carbocycles. The fraction of sp³-hybridized carbons (Fsp3) is 0.263. The first-order valence-electron chi connectivity index (χ1n) is 8.41. The molecule has 3 heterocycles. The van der Waals surface area contributed by atoms with Crippen LogP contribution in [0.5, 0.6) is 0 Å². The van der Waals surface area contributed by atoms with Crippen LogP contribution in [0.25, 0.3) is 10.9 Å². The number of anilines is 1. The zero-order chi connectivity index (χ0) is 17.2. The van der Waals surface area contributed by atoms with Gasteiger partial charge in [-0.15, -0.1) is 5.10 Å². The number of piperazine rings is 1. The molecular weight excluding hydrogens is 314 g/mol. The third-order valence-corrected chi connectivity index (χ3v) is 4.49. The Bertz CT molecular complexity index is 901. The summed E-state index contributed by atoms with van der Waals surface area (Å²) in [6, 6.07) is 15.5. The number of para-hydroxylation sites is 1. The summed E-state index contributed by atoms with van der Waals surface area (Å²) in [5, 5.41) is 9.37. The first-order valence-corrected chi connectivity index (χ1v) is 8.41. The molecule has 126 valence electrons. The summed E-state index contributed by atoms with van der Waals surface area (Å²) >= 11 is 0. The van der Waals surface area contributed by atoms with E-state index in [0.717, 1.165) is 35.5 Å². The molecule has 0 saturated carbocycles. The summed E-state index contributed by atoms with van der Waals surface area (Å²) in [4.78, 5) is 21.3. The van der Waals surface area contributed by atoms with E-state index in [-0.39, 0.29) is 5.91 Å². The molecule has 4 rings (SSSR count). The molecule has 1 aliphatic heterocycles. The molecule has 1 amide bonds. The first kappa shape index (κ1) is 15.5. The lowest BCUT2D eigenvalue weighted by Crippen LogP contribution is -2.49. The lowest BCUT2D eigenvalue weighted by atomic mass is 10.2. The summed E-state index contributed by atoms with van der Waals surface area (Å²) < 4.78 is 0. The van der Waals surface area contributed by atoms with Gasteiger partial charge in [-0.25, -0.2) is 4.98 Å². The Balaban J connectivity index is 1.46. The van der Waals surface area contributed by atoms with Crippen molar-refractivity contribution in [3.05, 3.63) is 59.9 Å². The first-order chi connectivity index (χ1) is 12.2. The van der Waals surface area contributed by atoms with Crippen molar-refractivity contribution in [2.24, 2.45) is 0 Å². The predicted molar refractivity (Wildman–Crippen MR) is 96.6 cm³/mol. The smallest absolute Gasteiger partial charge is 0.272 e. The van der Waals surface area contributed by atoms with Crippen LogP contribution >= 0.6 is 0 Å². The van der Waals surface area contributed by atoms with Crippen molar-refractivity contribution >= 4 is 22.6 Å². The van der Waals surface area contributed by atoms with E-state index < -0.39 is 0 Å². The maximum Gasteiger partial charge on any atom is 0.272 e. The quantitative estimate of drug-likeness (QED) is 0.720. The molecule has 6 heteroatoms. The number of hydrogen-bond acceptors (Lipinski definition) is 5. The van der Waals surface area contributed by atoms with Gasteiger partial charge in [0, 0.05) is 31.6 Å². The average molecular weight is 333 g/mol. The van der Waals surface area contributed by atoms with E-state index in [2.05, 4.69) is 20.1 Å². The summed E-state index contributed by atoms with van der Waals surface area (Å²) in [6.45, 7) is 4.73. The van der Waals surface area contributed by atoms with Crippen LogP contribution in [-0.2, 0) is 0 Å². The Labute approximate surface area is 146 Å². The Hall–Kier alpha value is -3.02. The van der Waals surface area contributed by atoms with E-state index >= 15 is 0 Å². The number of carbonyl (C=O) groups is 1. The van der Waals surface area contributed by atoms with Gasteiger partial charge < -0.3 is 9.80 Å². The summed E-state index contributed by atoms with van der Waals surface area (Å²) in [5.74, 6) is 0.849. The van der Waals surface area contributed by atoms with E-state index in [1.54, 1.807) is 0 Å².